The molecule has 1 aromatic carbocycles. The van der Waals surface area contributed by atoms with Crippen molar-refractivity contribution in [1.82, 2.24) is 10.3 Å². The van der Waals surface area contributed by atoms with Gasteiger partial charge in [0, 0.05) is 18.8 Å². The number of para-hydroxylation sites is 1. The first-order valence-corrected chi connectivity index (χ1v) is 7.35. The number of anilines is 1. The van der Waals surface area contributed by atoms with Crippen LogP contribution in [0, 0.1) is 0 Å². The molecule has 0 amide bonds. The Bertz CT molecular complexity index is 580. The number of aromatic nitrogens is 1. The summed E-state index contributed by atoms with van der Waals surface area (Å²) in [6.45, 7) is 5.94. The van der Waals surface area contributed by atoms with Crippen LogP contribution in [0.15, 0.2) is 42.5 Å². The minimum atomic E-state index is 0.848. The van der Waals surface area contributed by atoms with Gasteiger partial charge in [0.2, 0.25) is 0 Å². The first-order valence-electron chi connectivity index (χ1n) is 7.35. The van der Waals surface area contributed by atoms with Crippen LogP contribution in [0.25, 0.3) is 0 Å². The minimum absolute atomic E-state index is 0.848. The van der Waals surface area contributed by atoms with Crippen LogP contribution in [0.5, 0.6) is 0 Å². The van der Waals surface area contributed by atoms with Crippen molar-refractivity contribution < 1.29 is 0 Å². The third-order valence-electron chi connectivity index (χ3n) is 3.76. The predicted molar refractivity (Wildman–Crippen MR) is 82.8 cm³/mol. The fraction of sp³-hybridized carbons (Fsp3) is 0.353. The van der Waals surface area contributed by atoms with Gasteiger partial charge in [0.15, 0.2) is 0 Å². The summed E-state index contributed by atoms with van der Waals surface area (Å²) in [6, 6.07) is 15.0. The Morgan fingerprint density at radius 2 is 1.95 bits per heavy atom. The summed E-state index contributed by atoms with van der Waals surface area (Å²) in [4.78, 5) is 7.17. The Morgan fingerprint density at radius 3 is 2.85 bits per heavy atom. The van der Waals surface area contributed by atoms with Crippen molar-refractivity contribution in [2.45, 2.75) is 26.4 Å². The Hall–Kier alpha value is -1.87. The van der Waals surface area contributed by atoms with Crippen molar-refractivity contribution in [3.63, 3.8) is 0 Å². The summed E-state index contributed by atoms with van der Waals surface area (Å²) in [5, 5.41) is 3.32. The van der Waals surface area contributed by atoms with Crippen LogP contribution < -0.4 is 10.2 Å². The zero-order valence-corrected chi connectivity index (χ0v) is 12.0. The molecule has 104 valence electrons. The van der Waals surface area contributed by atoms with Crippen LogP contribution in [0.3, 0.4) is 0 Å². The Labute approximate surface area is 120 Å². The van der Waals surface area contributed by atoms with E-state index in [9.17, 15) is 0 Å². The van der Waals surface area contributed by atoms with E-state index in [2.05, 4.69) is 59.6 Å². The van der Waals surface area contributed by atoms with E-state index < -0.39 is 0 Å². The highest BCUT2D eigenvalue weighted by atomic mass is 15.2. The smallest absolute Gasteiger partial charge is 0.0602 e. The highest BCUT2D eigenvalue weighted by Crippen LogP contribution is 2.28. The predicted octanol–water partition coefficient (Wildman–Crippen LogP) is 2.75. The standard InChI is InChI=1S/C17H21N3/c1-2-18-12-15-7-5-8-16(19-15)13-20-11-10-14-6-3-4-9-17(14)20/h3-9,18H,2,10-13H2,1H3. The molecule has 1 aromatic heterocycles. The maximum absolute atomic E-state index is 4.74. The second kappa shape index (κ2) is 6.06. The van der Waals surface area contributed by atoms with Crippen LogP contribution in [0.4, 0.5) is 5.69 Å². The van der Waals surface area contributed by atoms with E-state index in [1.54, 1.807) is 0 Å². The number of benzene rings is 1. The largest absolute Gasteiger partial charge is 0.365 e. The van der Waals surface area contributed by atoms with Gasteiger partial charge in [-0.3, -0.25) is 4.98 Å². The number of pyridine rings is 1. The van der Waals surface area contributed by atoms with Gasteiger partial charge < -0.3 is 10.2 Å². The van der Waals surface area contributed by atoms with Gasteiger partial charge in [-0.25, -0.2) is 0 Å². The van der Waals surface area contributed by atoms with E-state index in [1.165, 1.54) is 11.3 Å². The van der Waals surface area contributed by atoms with Gasteiger partial charge in [0.05, 0.1) is 17.9 Å². The summed E-state index contributed by atoms with van der Waals surface area (Å²) in [7, 11) is 0. The molecule has 0 atom stereocenters. The zero-order valence-electron chi connectivity index (χ0n) is 12.0. The molecule has 20 heavy (non-hydrogen) atoms. The maximum Gasteiger partial charge on any atom is 0.0602 e. The average molecular weight is 267 g/mol. The van der Waals surface area contributed by atoms with Gasteiger partial charge >= 0.3 is 0 Å². The van der Waals surface area contributed by atoms with Crippen LogP contribution >= 0.6 is 0 Å². The molecule has 1 N–H and O–H groups in total. The van der Waals surface area contributed by atoms with E-state index in [-0.39, 0.29) is 0 Å². The van der Waals surface area contributed by atoms with Crippen LogP contribution in [-0.2, 0) is 19.5 Å². The van der Waals surface area contributed by atoms with E-state index in [1.807, 2.05) is 0 Å². The summed E-state index contributed by atoms with van der Waals surface area (Å²) >= 11 is 0. The lowest BCUT2D eigenvalue weighted by molar-refractivity contribution is 0.702. The monoisotopic (exact) mass is 267 g/mol. The van der Waals surface area contributed by atoms with Crippen molar-refractivity contribution in [3.05, 3.63) is 59.4 Å². The molecular weight excluding hydrogens is 246 g/mol. The molecule has 1 aliphatic heterocycles. The molecule has 0 saturated heterocycles. The molecule has 0 aliphatic carbocycles. The fourth-order valence-electron chi connectivity index (χ4n) is 2.74. The van der Waals surface area contributed by atoms with Crippen molar-refractivity contribution in [3.8, 4) is 0 Å². The van der Waals surface area contributed by atoms with Crippen molar-refractivity contribution >= 4 is 5.69 Å². The van der Waals surface area contributed by atoms with Crippen LogP contribution in [0.2, 0.25) is 0 Å². The molecule has 3 rings (SSSR count). The van der Waals surface area contributed by atoms with Gasteiger partial charge in [-0.15, -0.1) is 0 Å². The zero-order chi connectivity index (χ0) is 13.8. The van der Waals surface area contributed by atoms with Crippen LogP contribution in [0.1, 0.15) is 23.9 Å². The van der Waals surface area contributed by atoms with Crippen molar-refractivity contribution in [1.29, 1.82) is 0 Å². The average Bonchev–Trinajstić information content (AvgIpc) is 2.89. The number of nitrogens with zero attached hydrogens (tertiary/aromatic N) is 2. The Balaban J connectivity index is 1.72. The normalized spacial score (nSPS) is 13.6. The second-order valence-corrected chi connectivity index (χ2v) is 5.20. The number of hydrogen-bond acceptors (Lipinski definition) is 3. The van der Waals surface area contributed by atoms with Crippen molar-refractivity contribution in [2.24, 2.45) is 0 Å². The molecule has 0 fully saturated rings. The minimum Gasteiger partial charge on any atom is -0.365 e. The number of hydrogen-bond donors (Lipinski definition) is 1. The van der Waals surface area contributed by atoms with Gasteiger partial charge in [-0.2, -0.15) is 0 Å². The molecule has 0 unspecified atom stereocenters. The molecule has 0 saturated carbocycles. The maximum atomic E-state index is 4.74. The lowest BCUT2D eigenvalue weighted by Crippen LogP contribution is -2.21. The number of nitrogens with one attached hydrogen (secondary N) is 1. The van der Waals surface area contributed by atoms with Gasteiger partial charge in [-0.1, -0.05) is 31.2 Å². The Morgan fingerprint density at radius 1 is 1.10 bits per heavy atom. The lowest BCUT2D eigenvalue weighted by Gasteiger charge is -2.19. The summed E-state index contributed by atoms with van der Waals surface area (Å²) < 4.78 is 0. The number of rotatable bonds is 5. The molecule has 0 radical (unpaired) electrons. The van der Waals surface area contributed by atoms with E-state index in [4.69, 9.17) is 4.98 Å². The third kappa shape index (κ3) is 2.83. The first-order chi connectivity index (χ1) is 9.86. The van der Waals surface area contributed by atoms with Crippen LogP contribution in [-0.4, -0.2) is 18.1 Å². The SMILES string of the molecule is CCNCc1cccc(CN2CCc3ccccc32)n1. The second-order valence-electron chi connectivity index (χ2n) is 5.20. The highest BCUT2D eigenvalue weighted by molar-refractivity contribution is 5.57. The highest BCUT2D eigenvalue weighted by Gasteiger charge is 2.18. The van der Waals surface area contributed by atoms with E-state index >= 15 is 0 Å². The van der Waals surface area contributed by atoms with E-state index in [0.717, 1.165) is 44.0 Å². The number of fused-ring (bicyclic) bond motifs is 1. The van der Waals surface area contributed by atoms with Gasteiger partial charge in [-0.05, 0) is 36.7 Å². The molecule has 2 aromatic rings. The molecular formula is C17H21N3. The molecule has 2 heterocycles. The Kier molecular flexibility index (Phi) is 3.97. The lowest BCUT2D eigenvalue weighted by atomic mass is 10.2. The quantitative estimate of drug-likeness (QED) is 0.903. The van der Waals surface area contributed by atoms with Crippen molar-refractivity contribution in [2.75, 3.05) is 18.0 Å². The van der Waals surface area contributed by atoms with Gasteiger partial charge in [0.25, 0.3) is 0 Å². The first kappa shape index (κ1) is 13.1. The summed E-state index contributed by atoms with van der Waals surface area (Å²) in [5.74, 6) is 0. The fourth-order valence-corrected chi connectivity index (χ4v) is 2.74. The van der Waals surface area contributed by atoms with Gasteiger partial charge in [0.1, 0.15) is 0 Å². The third-order valence-corrected chi connectivity index (χ3v) is 3.76. The molecule has 0 spiro atoms. The summed E-state index contributed by atoms with van der Waals surface area (Å²) in [5.41, 5.74) is 5.09. The summed E-state index contributed by atoms with van der Waals surface area (Å²) in [6.07, 6.45) is 1.15. The molecule has 3 nitrogen and oxygen atoms in total. The van der Waals surface area contributed by atoms with E-state index in [0.29, 0.717) is 0 Å². The molecule has 0 bridgehead atoms. The topological polar surface area (TPSA) is 28.2 Å². The molecule has 3 heteroatoms. The molecule has 1 aliphatic rings.